The Balaban J connectivity index is 1.84. The maximum atomic E-state index is 14.7. The van der Waals surface area contributed by atoms with E-state index in [2.05, 4.69) is 5.32 Å². The van der Waals surface area contributed by atoms with Crippen LogP contribution in [0.4, 0.5) is 5.69 Å². The number of sulfonamides is 1. The number of benzene rings is 4. The molecule has 0 saturated carbocycles. The smallest absolute Gasteiger partial charge is 0.264 e. The standard InChI is InChI=1S/C38H45N3O8S/c1-6-22-39-38(43)34(24-28-12-9-8-10-13-28)40(26-29-14-11-15-32(23-29)46-3)37(42)27-41(30-16-18-31(19-17-30)49-7-2)50(44,45)33-20-21-35(47-4)36(25-33)48-5/h8-21,23,25,34H,6-7,22,24,26-27H2,1-5H3,(H,39,43). The van der Waals surface area contributed by atoms with Crippen LogP contribution in [0.5, 0.6) is 23.0 Å². The number of hydrogen-bond donors (Lipinski definition) is 1. The molecule has 0 fully saturated rings. The van der Waals surface area contributed by atoms with Crippen molar-refractivity contribution in [3.05, 3.63) is 108 Å². The summed E-state index contributed by atoms with van der Waals surface area (Å²) in [5.41, 5.74) is 1.77. The van der Waals surface area contributed by atoms with Gasteiger partial charge in [0.2, 0.25) is 11.8 Å². The molecule has 1 unspecified atom stereocenters. The molecule has 0 saturated heterocycles. The number of amides is 2. The molecule has 0 aromatic heterocycles. The summed E-state index contributed by atoms with van der Waals surface area (Å²) in [4.78, 5) is 29.9. The van der Waals surface area contributed by atoms with Gasteiger partial charge in [0.1, 0.15) is 24.1 Å². The quantitative estimate of drug-likeness (QED) is 0.145. The molecule has 1 N–H and O–H groups in total. The van der Waals surface area contributed by atoms with Crippen LogP contribution in [-0.4, -0.2) is 72.2 Å². The molecule has 0 spiro atoms. The molecule has 0 aliphatic rings. The lowest BCUT2D eigenvalue weighted by Crippen LogP contribution is -2.53. The fourth-order valence-electron chi connectivity index (χ4n) is 5.40. The molecule has 4 aromatic carbocycles. The van der Waals surface area contributed by atoms with Gasteiger partial charge in [-0.15, -0.1) is 0 Å². The molecule has 266 valence electrons. The molecule has 11 nitrogen and oxygen atoms in total. The van der Waals surface area contributed by atoms with Crippen LogP contribution in [0.15, 0.2) is 102 Å². The first-order valence-electron chi connectivity index (χ1n) is 16.4. The van der Waals surface area contributed by atoms with Crippen molar-refractivity contribution < 1.29 is 37.0 Å². The van der Waals surface area contributed by atoms with Crippen LogP contribution in [0.2, 0.25) is 0 Å². The van der Waals surface area contributed by atoms with Gasteiger partial charge in [-0.1, -0.05) is 49.4 Å². The summed E-state index contributed by atoms with van der Waals surface area (Å²) in [6, 6.07) is 26.3. The average Bonchev–Trinajstić information content (AvgIpc) is 3.14. The molecule has 0 aliphatic carbocycles. The van der Waals surface area contributed by atoms with Gasteiger partial charge >= 0.3 is 0 Å². The molecule has 0 aliphatic heterocycles. The van der Waals surface area contributed by atoms with E-state index in [-0.39, 0.29) is 35.2 Å². The molecule has 0 radical (unpaired) electrons. The molecule has 4 aromatic rings. The number of carbonyl (C=O) groups is 2. The summed E-state index contributed by atoms with van der Waals surface area (Å²) < 4.78 is 51.7. The lowest BCUT2D eigenvalue weighted by Gasteiger charge is -2.34. The van der Waals surface area contributed by atoms with Gasteiger partial charge in [0.25, 0.3) is 10.0 Å². The summed E-state index contributed by atoms with van der Waals surface area (Å²) in [6.07, 6.45) is 0.903. The number of carbonyl (C=O) groups excluding carboxylic acids is 2. The minimum atomic E-state index is -4.38. The van der Waals surface area contributed by atoms with E-state index >= 15 is 0 Å². The first-order chi connectivity index (χ1) is 24.1. The Morgan fingerprint density at radius 1 is 0.760 bits per heavy atom. The number of methoxy groups -OCH3 is 3. The number of rotatable bonds is 18. The number of ether oxygens (including phenoxy) is 4. The normalized spacial score (nSPS) is 11.6. The first kappa shape index (κ1) is 37.6. The lowest BCUT2D eigenvalue weighted by atomic mass is 10.0. The monoisotopic (exact) mass is 703 g/mol. The molecule has 4 rings (SSSR count). The Morgan fingerprint density at radius 3 is 2.10 bits per heavy atom. The van der Waals surface area contributed by atoms with E-state index in [1.165, 1.54) is 37.3 Å². The Bertz CT molecular complexity index is 1820. The zero-order valence-electron chi connectivity index (χ0n) is 29.1. The number of anilines is 1. The second-order valence-corrected chi connectivity index (χ2v) is 13.2. The van der Waals surface area contributed by atoms with Crippen molar-refractivity contribution in [3.8, 4) is 23.0 Å². The third kappa shape index (κ3) is 9.47. The minimum absolute atomic E-state index is 0.0145. The minimum Gasteiger partial charge on any atom is -0.497 e. The van der Waals surface area contributed by atoms with E-state index in [1.807, 2.05) is 50.2 Å². The number of nitrogens with one attached hydrogen (secondary N) is 1. The summed E-state index contributed by atoms with van der Waals surface area (Å²) in [7, 11) is 0.0351. The third-order valence-corrected chi connectivity index (χ3v) is 9.73. The molecule has 2 amide bonds. The topological polar surface area (TPSA) is 124 Å². The fourth-order valence-corrected chi connectivity index (χ4v) is 6.83. The van der Waals surface area contributed by atoms with Crippen LogP contribution in [0.25, 0.3) is 0 Å². The predicted molar refractivity (Wildman–Crippen MR) is 192 cm³/mol. The fraction of sp³-hybridized carbons (Fsp3) is 0.316. The average molecular weight is 704 g/mol. The predicted octanol–water partition coefficient (Wildman–Crippen LogP) is 5.47. The highest BCUT2D eigenvalue weighted by molar-refractivity contribution is 7.92. The van der Waals surface area contributed by atoms with Crippen molar-refractivity contribution >= 4 is 27.5 Å². The van der Waals surface area contributed by atoms with Crippen LogP contribution < -0.4 is 28.6 Å². The Morgan fingerprint density at radius 2 is 1.46 bits per heavy atom. The van der Waals surface area contributed by atoms with Gasteiger partial charge in [-0.3, -0.25) is 13.9 Å². The van der Waals surface area contributed by atoms with E-state index in [9.17, 15) is 18.0 Å². The van der Waals surface area contributed by atoms with Crippen LogP contribution in [0.1, 0.15) is 31.4 Å². The van der Waals surface area contributed by atoms with Gasteiger partial charge in [0.05, 0.1) is 38.5 Å². The van der Waals surface area contributed by atoms with Gasteiger partial charge in [-0.25, -0.2) is 8.42 Å². The van der Waals surface area contributed by atoms with Crippen molar-refractivity contribution in [2.24, 2.45) is 0 Å². The zero-order chi connectivity index (χ0) is 36.1. The maximum Gasteiger partial charge on any atom is 0.264 e. The molecule has 50 heavy (non-hydrogen) atoms. The van der Waals surface area contributed by atoms with Crippen molar-refractivity contribution in [3.63, 3.8) is 0 Å². The van der Waals surface area contributed by atoms with E-state index in [0.717, 1.165) is 9.87 Å². The van der Waals surface area contributed by atoms with E-state index in [1.54, 1.807) is 49.6 Å². The number of nitrogens with zero attached hydrogens (tertiary/aromatic N) is 2. The second kappa shape index (κ2) is 18.0. The van der Waals surface area contributed by atoms with Crippen molar-refractivity contribution in [1.82, 2.24) is 10.2 Å². The van der Waals surface area contributed by atoms with Gasteiger partial charge in [-0.05, 0) is 73.0 Å². The number of hydrogen-bond acceptors (Lipinski definition) is 8. The highest BCUT2D eigenvalue weighted by Crippen LogP contribution is 2.33. The molecule has 12 heteroatoms. The van der Waals surface area contributed by atoms with E-state index < -0.39 is 28.5 Å². The first-order valence-corrected chi connectivity index (χ1v) is 17.8. The molecule has 0 heterocycles. The third-order valence-electron chi connectivity index (χ3n) is 7.96. The molecule has 0 bridgehead atoms. The highest BCUT2D eigenvalue weighted by atomic mass is 32.2. The van der Waals surface area contributed by atoms with Gasteiger partial charge in [0, 0.05) is 25.6 Å². The second-order valence-electron chi connectivity index (χ2n) is 11.3. The largest absolute Gasteiger partial charge is 0.497 e. The van der Waals surface area contributed by atoms with Crippen molar-refractivity contribution in [2.45, 2.75) is 44.2 Å². The highest BCUT2D eigenvalue weighted by Gasteiger charge is 2.35. The van der Waals surface area contributed by atoms with Gasteiger partial charge in [0.15, 0.2) is 11.5 Å². The van der Waals surface area contributed by atoms with Crippen LogP contribution in [-0.2, 0) is 32.6 Å². The lowest BCUT2D eigenvalue weighted by molar-refractivity contribution is -0.140. The molecule has 1 atom stereocenters. The summed E-state index contributed by atoms with van der Waals surface area (Å²) in [6.45, 7) is 4.03. The summed E-state index contributed by atoms with van der Waals surface area (Å²) >= 11 is 0. The SMILES string of the molecule is CCCNC(=O)C(Cc1ccccc1)N(Cc1cccc(OC)c1)C(=O)CN(c1ccc(OCC)cc1)S(=O)(=O)c1ccc(OC)c(OC)c1. The summed E-state index contributed by atoms with van der Waals surface area (Å²) in [5, 5.41) is 2.95. The van der Waals surface area contributed by atoms with Crippen LogP contribution >= 0.6 is 0 Å². The maximum absolute atomic E-state index is 14.7. The van der Waals surface area contributed by atoms with Gasteiger partial charge < -0.3 is 29.2 Å². The van der Waals surface area contributed by atoms with E-state index in [4.69, 9.17) is 18.9 Å². The van der Waals surface area contributed by atoms with Crippen LogP contribution in [0.3, 0.4) is 0 Å². The van der Waals surface area contributed by atoms with Crippen LogP contribution in [0, 0.1) is 0 Å². The zero-order valence-corrected chi connectivity index (χ0v) is 29.9. The van der Waals surface area contributed by atoms with E-state index in [0.29, 0.717) is 42.4 Å². The van der Waals surface area contributed by atoms with Crippen molar-refractivity contribution in [2.75, 3.05) is 45.3 Å². The molecular formula is C38H45N3O8S. The Labute approximate surface area is 294 Å². The van der Waals surface area contributed by atoms with Gasteiger partial charge in [-0.2, -0.15) is 0 Å². The summed E-state index contributed by atoms with van der Waals surface area (Å²) in [5.74, 6) is 0.752. The Hall–Kier alpha value is -5.23. The molecular weight excluding hydrogens is 658 g/mol. The van der Waals surface area contributed by atoms with Crippen molar-refractivity contribution in [1.29, 1.82) is 0 Å². The Kier molecular flexibility index (Phi) is 13.5.